The molecule has 0 spiro atoms. The van der Waals surface area contributed by atoms with Gasteiger partial charge in [0, 0.05) is 43.0 Å². The fourth-order valence-electron chi connectivity index (χ4n) is 4.38. The minimum absolute atomic E-state index is 0.00961. The number of aromatic nitrogens is 1. The molecule has 1 aromatic carbocycles. The molecule has 0 saturated carbocycles. The highest BCUT2D eigenvalue weighted by atomic mass is 19.1. The summed E-state index contributed by atoms with van der Waals surface area (Å²) in [5.74, 6) is 0.902. The molecular formula is C23H29FN2O2. The van der Waals surface area contributed by atoms with Gasteiger partial charge in [-0.25, -0.2) is 4.39 Å². The largest absolute Gasteiger partial charge is 0.344 e. The summed E-state index contributed by atoms with van der Waals surface area (Å²) in [5.41, 5.74) is 3.17. The van der Waals surface area contributed by atoms with Crippen LogP contribution in [0, 0.1) is 24.6 Å². The van der Waals surface area contributed by atoms with E-state index in [4.69, 9.17) is 0 Å². The molecule has 4 nitrogen and oxygen atoms in total. The lowest BCUT2D eigenvalue weighted by atomic mass is 9.92. The topological polar surface area (TPSA) is 42.3 Å². The molecular weight excluding hydrogens is 355 g/mol. The second-order valence-corrected chi connectivity index (χ2v) is 8.24. The van der Waals surface area contributed by atoms with E-state index in [1.165, 1.54) is 12.1 Å². The molecule has 2 atom stereocenters. The fourth-order valence-corrected chi connectivity index (χ4v) is 4.38. The van der Waals surface area contributed by atoms with E-state index in [2.05, 4.69) is 13.8 Å². The van der Waals surface area contributed by atoms with Crippen LogP contribution in [-0.4, -0.2) is 34.2 Å². The van der Waals surface area contributed by atoms with Gasteiger partial charge in [0.15, 0.2) is 5.78 Å². The zero-order chi connectivity index (χ0) is 20.4. The summed E-state index contributed by atoms with van der Waals surface area (Å²) < 4.78 is 15.3. The third kappa shape index (κ3) is 4.34. The number of halogens is 1. The SMILES string of the molecule is CC(=O)c1cc(-c2ccc(F)cc2)n(CCC(=O)N2C[C@H](C)C[C@H](C)C2)c1C. The van der Waals surface area contributed by atoms with E-state index in [0.717, 1.165) is 36.5 Å². The van der Waals surface area contributed by atoms with E-state index >= 15 is 0 Å². The van der Waals surface area contributed by atoms with Crippen molar-refractivity contribution in [2.75, 3.05) is 13.1 Å². The highest BCUT2D eigenvalue weighted by Crippen LogP contribution is 2.28. The third-order valence-corrected chi connectivity index (χ3v) is 5.66. The first-order valence-corrected chi connectivity index (χ1v) is 10.0. The lowest BCUT2D eigenvalue weighted by Gasteiger charge is -2.35. The van der Waals surface area contributed by atoms with Crippen LogP contribution in [0.15, 0.2) is 30.3 Å². The van der Waals surface area contributed by atoms with Gasteiger partial charge < -0.3 is 9.47 Å². The maximum atomic E-state index is 13.3. The maximum Gasteiger partial charge on any atom is 0.224 e. The molecule has 2 heterocycles. The van der Waals surface area contributed by atoms with E-state index < -0.39 is 0 Å². The van der Waals surface area contributed by atoms with Crippen molar-refractivity contribution < 1.29 is 14.0 Å². The molecule has 0 radical (unpaired) electrons. The molecule has 1 amide bonds. The van der Waals surface area contributed by atoms with E-state index in [9.17, 15) is 14.0 Å². The molecule has 0 N–H and O–H groups in total. The highest BCUT2D eigenvalue weighted by molar-refractivity contribution is 5.96. The van der Waals surface area contributed by atoms with Crippen LogP contribution < -0.4 is 0 Å². The molecule has 1 aliphatic heterocycles. The molecule has 5 heteroatoms. The van der Waals surface area contributed by atoms with E-state index in [1.54, 1.807) is 19.1 Å². The number of Topliss-reactive ketones (excluding diaryl/α,β-unsaturated/α-hetero) is 1. The highest BCUT2D eigenvalue weighted by Gasteiger charge is 2.25. The summed E-state index contributed by atoms with van der Waals surface area (Å²) in [5, 5.41) is 0. The van der Waals surface area contributed by atoms with Gasteiger partial charge in [0.2, 0.25) is 5.91 Å². The Balaban J connectivity index is 1.83. The third-order valence-electron chi connectivity index (χ3n) is 5.66. The molecule has 3 rings (SSSR count). The molecule has 2 aromatic rings. The Labute approximate surface area is 166 Å². The molecule has 1 aliphatic rings. The van der Waals surface area contributed by atoms with Crippen LogP contribution in [0.3, 0.4) is 0 Å². The van der Waals surface area contributed by atoms with Crippen LogP contribution in [0.5, 0.6) is 0 Å². The minimum Gasteiger partial charge on any atom is -0.344 e. The predicted octanol–water partition coefficient (Wildman–Crippen LogP) is 4.70. The van der Waals surface area contributed by atoms with E-state index in [0.29, 0.717) is 30.4 Å². The summed E-state index contributed by atoms with van der Waals surface area (Å²) in [6, 6.07) is 8.09. The molecule has 150 valence electrons. The van der Waals surface area contributed by atoms with Crippen molar-refractivity contribution in [2.24, 2.45) is 11.8 Å². The van der Waals surface area contributed by atoms with Gasteiger partial charge >= 0.3 is 0 Å². The smallest absolute Gasteiger partial charge is 0.224 e. The van der Waals surface area contributed by atoms with Gasteiger partial charge in [0.05, 0.1) is 0 Å². The maximum absolute atomic E-state index is 13.3. The standard InChI is InChI=1S/C23H29FN2O2/c1-15-11-16(2)14-25(13-15)23(28)9-10-26-17(3)21(18(4)27)12-22(26)19-5-7-20(24)8-6-19/h5-8,12,15-16H,9-11,13-14H2,1-4H3/t15-,16+. The Morgan fingerprint density at radius 1 is 1.11 bits per heavy atom. The number of rotatable bonds is 5. The Bertz CT molecular complexity index is 859. The normalized spacial score (nSPS) is 19.7. The molecule has 0 aliphatic carbocycles. The number of piperidine rings is 1. The summed E-state index contributed by atoms with van der Waals surface area (Å²) in [7, 11) is 0. The quantitative estimate of drug-likeness (QED) is 0.701. The zero-order valence-electron chi connectivity index (χ0n) is 17.2. The van der Waals surface area contributed by atoms with Crippen LogP contribution in [0.1, 0.15) is 49.7 Å². The molecule has 28 heavy (non-hydrogen) atoms. The summed E-state index contributed by atoms with van der Waals surface area (Å²) >= 11 is 0. The monoisotopic (exact) mass is 384 g/mol. The van der Waals surface area contributed by atoms with Crippen LogP contribution in [0.2, 0.25) is 0 Å². The Morgan fingerprint density at radius 3 is 2.29 bits per heavy atom. The Hall–Kier alpha value is -2.43. The summed E-state index contributed by atoms with van der Waals surface area (Å²) in [4.78, 5) is 26.8. The lowest BCUT2D eigenvalue weighted by Crippen LogP contribution is -2.42. The Morgan fingerprint density at radius 2 is 1.71 bits per heavy atom. The molecule has 0 bridgehead atoms. The first-order valence-electron chi connectivity index (χ1n) is 10.0. The van der Waals surface area contributed by atoms with Gasteiger partial charge in [-0.3, -0.25) is 9.59 Å². The molecule has 0 unspecified atom stereocenters. The first-order chi connectivity index (χ1) is 13.3. The first kappa shape index (κ1) is 20.3. The summed E-state index contributed by atoms with van der Waals surface area (Å²) in [6.07, 6.45) is 1.55. The number of carbonyl (C=O) groups excluding carboxylic acids is 2. The van der Waals surface area contributed by atoms with Crippen molar-refractivity contribution in [2.45, 2.75) is 47.1 Å². The second-order valence-electron chi connectivity index (χ2n) is 8.24. The average molecular weight is 384 g/mol. The van der Waals surface area contributed by atoms with Crippen molar-refractivity contribution in [3.05, 3.63) is 47.4 Å². The van der Waals surface area contributed by atoms with Gasteiger partial charge in [-0.05, 0) is 68.0 Å². The van der Waals surface area contributed by atoms with Crippen molar-refractivity contribution in [3.8, 4) is 11.3 Å². The number of carbonyl (C=O) groups is 2. The lowest BCUT2D eigenvalue weighted by molar-refractivity contribution is -0.134. The molecule has 1 aromatic heterocycles. The number of amides is 1. The fraction of sp³-hybridized carbons (Fsp3) is 0.478. The van der Waals surface area contributed by atoms with Gasteiger partial charge in [-0.1, -0.05) is 13.8 Å². The number of likely N-dealkylation sites (tertiary alicyclic amines) is 1. The predicted molar refractivity (Wildman–Crippen MR) is 109 cm³/mol. The van der Waals surface area contributed by atoms with Gasteiger partial charge in [0.25, 0.3) is 0 Å². The number of benzene rings is 1. The van der Waals surface area contributed by atoms with E-state index in [1.807, 2.05) is 22.5 Å². The van der Waals surface area contributed by atoms with Crippen LogP contribution in [-0.2, 0) is 11.3 Å². The number of hydrogen-bond acceptors (Lipinski definition) is 2. The van der Waals surface area contributed by atoms with Gasteiger partial charge in [-0.2, -0.15) is 0 Å². The van der Waals surface area contributed by atoms with Crippen molar-refractivity contribution >= 4 is 11.7 Å². The van der Waals surface area contributed by atoms with Crippen LogP contribution >= 0.6 is 0 Å². The second kappa shape index (κ2) is 8.29. The van der Waals surface area contributed by atoms with Crippen molar-refractivity contribution in [1.82, 2.24) is 9.47 Å². The van der Waals surface area contributed by atoms with Crippen molar-refractivity contribution in [3.63, 3.8) is 0 Å². The van der Waals surface area contributed by atoms with Crippen LogP contribution in [0.25, 0.3) is 11.3 Å². The zero-order valence-corrected chi connectivity index (χ0v) is 17.2. The summed E-state index contributed by atoms with van der Waals surface area (Å²) in [6.45, 7) is 9.97. The molecule has 1 fully saturated rings. The van der Waals surface area contributed by atoms with Crippen molar-refractivity contribution in [1.29, 1.82) is 0 Å². The average Bonchev–Trinajstić information content (AvgIpc) is 2.96. The Kier molecular flexibility index (Phi) is 6.01. The minimum atomic E-state index is -0.297. The number of hydrogen-bond donors (Lipinski definition) is 0. The molecule has 1 saturated heterocycles. The van der Waals surface area contributed by atoms with E-state index in [-0.39, 0.29) is 17.5 Å². The van der Waals surface area contributed by atoms with Gasteiger partial charge in [-0.15, -0.1) is 0 Å². The van der Waals surface area contributed by atoms with Gasteiger partial charge in [0.1, 0.15) is 5.82 Å². The number of nitrogens with zero attached hydrogens (tertiary/aromatic N) is 2. The van der Waals surface area contributed by atoms with Crippen LogP contribution in [0.4, 0.5) is 4.39 Å². The number of ketones is 1.